The average molecular weight is 550 g/mol. The number of fused-ring (bicyclic) bond motifs is 1. The second kappa shape index (κ2) is 12.9. The number of hydrogen-bond donors (Lipinski definition) is 1. The fourth-order valence-electron chi connectivity index (χ4n) is 4.51. The van der Waals surface area contributed by atoms with Gasteiger partial charge in [0.15, 0.2) is 0 Å². The smallest absolute Gasteiger partial charge is 0.277 e. The predicted molar refractivity (Wildman–Crippen MR) is 151 cm³/mol. The number of tetrazole rings is 1. The number of carbonyl (C=O) groups is 1. The van der Waals surface area contributed by atoms with Crippen LogP contribution in [0.3, 0.4) is 0 Å². The third-order valence-corrected chi connectivity index (χ3v) is 6.63. The zero-order valence-electron chi connectivity index (χ0n) is 22.8. The van der Waals surface area contributed by atoms with Crippen LogP contribution >= 0.6 is 0 Å². The molecule has 0 saturated carbocycles. The van der Waals surface area contributed by atoms with Crippen molar-refractivity contribution < 1.29 is 4.79 Å². The first-order valence-electron chi connectivity index (χ1n) is 12.7. The number of H-pyrrole nitrogens is 1. The topological polar surface area (TPSA) is 115 Å². The van der Waals surface area contributed by atoms with E-state index in [2.05, 4.69) is 51.8 Å². The molecule has 0 spiro atoms. The van der Waals surface area contributed by atoms with Crippen molar-refractivity contribution in [3.63, 3.8) is 0 Å². The number of hydrogen-bond acceptors (Lipinski definition) is 6. The first kappa shape index (κ1) is 29.0. The predicted octanol–water partition coefficient (Wildman–Crippen LogP) is 3.14. The van der Waals surface area contributed by atoms with Crippen molar-refractivity contribution in [2.24, 2.45) is 0 Å². The molecule has 3 aromatic heterocycles. The standard InChI is InChI=1S/C28H30N8O2.K/c1-4-5-10-24-29-23-15-16-35(18-25(37)34(2)3)28(38)26(23)36(24)17-19-11-13-20(14-12-19)21-8-6-7-9-22(21)27-30-32-33-31-27;/h6-9,11-16H,4-5,10,17-18H2,1-3H3,(H,30,31,32,33);. The Morgan fingerprint density at radius 2 is 1.77 bits per heavy atom. The van der Waals surface area contributed by atoms with Crippen LogP contribution in [-0.4, -0.2) is 111 Å². The van der Waals surface area contributed by atoms with E-state index in [0.29, 0.717) is 23.4 Å². The summed E-state index contributed by atoms with van der Waals surface area (Å²) in [6.07, 6.45) is 4.43. The van der Waals surface area contributed by atoms with Crippen LogP contribution in [0.4, 0.5) is 0 Å². The van der Waals surface area contributed by atoms with Gasteiger partial charge in [-0.1, -0.05) is 61.9 Å². The Morgan fingerprint density at radius 1 is 1.03 bits per heavy atom. The van der Waals surface area contributed by atoms with Crippen LogP contribution in [0.25, 0.3) is 33.5 Å². The molecule has 5 rings (SSSR count). The van der Waals surface area contributed by atoms with E-state index in [-0.39, 0.29) is 69.4 Å². The monoisotopic (exact) mass is 549 g/mol. The number of pyridine rings is 1. The van der Waals surface area contributed by atoms with E-state index >= 15 is 0 Å². The van der Waals surface area contributed by atoms with Gasteiger partial charge in [-0.3, -0.25) is 9.59 Å². The molecule has 0 aliphatic rings. The number of aryl methyl sites for hydroxylation is 1. The minimum atomic E-state index is -0.210. The molecule has 0 aliphatic heterocycles. The number of likely N-dealkylation sites (N-methyl/N-ethyl adjacent to an activating group) is 1. The van der Waals surface area contributed by atoms with Crippen LogP contribution in [-0.2, 0) is 24.3 Å². The van der Waals surface area contributed by atoms with Crippen LogP contribution in [0.15, 0.2) is 65.6 Å². The molecule has 5 aromatic rings. The normalized spacial score (nSPS) is 10.9. The van der Waals surface area contributed by atoms with Gasteiger partial charge < -0.3 is 14.0 Å². The fraction of sp³-hybridized carbons (Fsp3) is 0.286. The Morgan fingerprint density at radius 3 is 2.44 bits per heavy atom. The number of nitrogens with zero attached hydrogens (tertiary/aromatic N) is 7. The molecule has 10 nitrogen and oxygen atoms in total. The van der Waals surface area contributed by atoms with E-state index in [4.69, 9.17) is 4.98 Å². The summed E-state index contributed by atoms with van der Waals surface area (Å²) in [5.41, 5.74) is 4.94. The molecule has 0 unspecified atom stereocenters. The number of amides is 1. The maximum Gasteiger partial charge on any atom is 0.277 e. The number of carbonyl (C=O) groups excluding carboxylic acids is 1. The molecular formula is C28H30KN8O2. The molecule has 0 atom stereocenters. The second-order valence-corrected chi connectivity index (χ2v) is 9.47. The SMILES string of the molecule is CCCCc1nc2ccn(CC(=O)N(C)C)c(=O)c2n1Cc1ccc(-c2ccccc2-c2nn[nH]n2)cc1.[K]. The first-order valence-corrected chi connectivity index (χ1v) is 12.7. The Bertz CT molecular complexity index is 1620. The summed E-state index contributed by atoms with van der Waals surface area (Å²) >= 11 is 0. The fourth-order valence-corrected chi connectivity index (χ4v) is 4.51. The van der Waals surface area contributed by atoms with Gasteiger partial charge in [-0.25, -0.2) is 4.98 Å². The number of unbranched alkanes of at least 4 members (excludes halogenated alkanes) is 1. The van der Waals surface area contributed by atoms with Gasteiger partial charge in [0, 0.05) is 90.2 Å². The van der Waals surface area contributed by atoms with E-state index < -0.39 is 0 Å². The largest absolute Gasteiger partial charge is 0.347 e. The van der Waals surface area contributed by atoms with Crippen LogP contribution < -0.4 is 5.56 Å². The minimum absolute atomic E-state index is 0. The maximum atomic E-state index is 13.5. The number of benzene rings is 2. The molecule has 1 N–H and O–H groups in total. The molecule has 0 bridgehead atoms. The van der Waals surface area contributed by atoms with Gasteiger partial charge in [0.25, 0.3) is 5.56 Å². The summed E-state index contributed by atoms with van der Waals surface area (Å²) < 4.78 is 3.47. The number of aromatic amines is 1. The second-order valence-electron chi connectivity index (χ2n) is 9.47. The van der Waals surface area contributed by atoms with E-state index in [9.17, 15) is 9.59 Å². The van der Waals surface area contributed by atoms with Crippen molar-refractivity contribution in [2.45, 2.75) is 39.3 Å². The minimum Gasteiger partial charge on any atom is -0.347 e. The van der Waals surface area contributed by atoms with E-state index in [1.807, 2.05) is 34.9 Å². The summed E-state index contributed by atoms with van der Waals surface area (Å²) in [5.74, 6) is 1.28. The summed E-state index contributed by atoms with van der Waals surface area (Å²) in [6, 6.07) is 18.0. The summed E-state index contributed by atoms with van der Waals surface area (Å²) in [7, 11) is 3.37. The quantitative estimate of drug-likeness (QED) is 0.283. The van der Waals surface area contributed by atoms with Gasteiger partial charge in [0.2, 0.25) is 11.7 Å². The Balaban J connectivity index is 0.00000353. The molecular weight excluding hydrogens is 519 g/mol. The molecule has 39 heavy (non-hydrogen) atoms. The van der Waals surface area contributed by atoms with Crippen molar-refractivity contribution >= 4 is 68.3 Å². The van der Waals surface area contributed by atoms with Gasteiger partial charge in [-0.05, 0) is 34.4 Å². The van der Waals surface area contributed by atoms with Crippen molar-refractivity contribution in [2.75, 3.05) is 14.1 Å². The zero-order chi connectivity index (χ0) is 26.6. The van der Waals surface area contributed by atoms with Crippen LogP contribution in [0.2, 0.25) is 0 Å². The Hall–Kier alpha value is -2.96. The molecule has 3 heterocycles. The zero-order valence-corrected chi connectivity index (χ0v) is 25.9. The van der Waals surface area contributed by atoms with Crippen molar-refractivity contribution in [3.05, 3.63) is 82.5 Å². The van der Waals surface area contributed by atoms with E-state index in [1.54, 1.807) is 20.3 Å². The van der Waals surface area contributed by atoms with Crippen LogP contribution in [0, 0.1) is 0 Å². The first-order chi connectivity index (χ1) is 18.5. The van der Waals surface area contributed by atoms with Gasteiger partial charge in [0.05, 0.1) is 5.52 Å². The van der Waals surface area contributed by atoms with Crippen LogP contribution in [0.5, 0.6) is 0 Å². The van der Waals surface area contributed by atoms with Gasteiger partial charge in [-0.15, -0.1) is 10.2 Å². The molecule has 0 fully saturated rings. The Labute approximate surface area is 268 Å². The summed E-state index contributed by atoms with van der Waals surface area (Å²) in [5, 5.41) is 14.5. The Kier molecular flexibility index (Phi) is 9.62. The molecule has 11 heteroatoms. The van der Waals surface area contributed by atoms with Crippen LogP contribution in [0.1, 0.15) is 31.2 Å². The van der Waals surface area contributed by atoms with Crippen molar-refractivity contribution in [1.82, 2.24) is 39.6 Å². The number of nitrogens with one attached hydrogen (secondary N) is 1. The van der Waals surface area contributed by atoms with Crippen molar-refractivity contribution in [1.29, 1.82) is 0 Å². The average Bonchev–Trinajstić information content (AvgIpc) is 3.58. The summed E-state index contributed by atoms with van der Waals surface area (Å²) in [6.45, 7) is 2.63. The molecule has 195 valence electrons. The third kappa shape index (κ3) is 6.28. The molecule has 0 saturated heterocycles. The molecule has 0 aliphatic carbocycles. The number of aromatic nitrogens is 7. The summed E-state index contributed by atoms with van der Waals surface area (Å²) in [4.78, 5) is 32.1. The van der Waals surface area contributed by atoms with Gasteiger partial charge in [0.1, 0.15) is 17.9 Å². The number of imidazole rings is 1. The maximum absolute atomic E-state index is 13.5. The van der Waals surface area contributed by atoms with E-state index in [0.717, 1.165) is 47.3 Å². The number of rotatable bonds is 9. The van der Waals surface area contributed by atoms with Gasteiger partial charge in [-0.2, -0.15) is 5.21 Å². The van der Waals surface area contributed by atoms with E-state index in [1.165, 1.54) is 9.47 Å². The molecule has 1 amide bonds. The van der Waals surface area contributed by atoms with Crippen molar-refractivity contribution in [3.8, 4) is 22.5 Å². The molecule has 1 radical (unpaired) electrons. The third-order valence-electron chi connectivity index (χ3n) is 6.63. The molecule has 2 aromatic carbocycles. The van der Waals surface area contributed by atoms with Gasteiger partial charge >= 0.3 is 0 Å².